The largest absolute Gasteiger partial charge is 0.399 e. The lowest BCUT2D eigenvalue weighted by molar-refractivity contribution is -0.131. The maximum absolute atomic E-state index is 12.3. The monoisotopic (exact) mass is 379 g/mol. The summed E-state index contributed by atoms with van der Waals surface area (Å²) < 4.78 is 23.4. The van der Waals surface area contributed by atoms with E-state index < -0.39 is 20.5 Å². The molecule has 1 atom stereocenters. The Morgan fingerprint density at radius 1 is 1.27 bits per heavy atom. The topological polar surface area (TPSA) is 131 Å². The van der Waals surface area contributed by atoms with E-state index in [0.717, 1.165) is 11.8 Å². The molecule has 2 rings (SSSR count). The number of carbonyl (C=O) groups is 1. The van der Waals surface area contributed by atoms with Crippen LogP contribution in [0.3, 0.4) is 0 Å². The second kappa shape index (κ2) is 7.30. The Morgan fingerprint density at radius 2 is 1.92 bits per heavy atom. The number of pyridine rings is 1. The first kappa shape index (κ1) is 19.7. The molecule has 0 saturated carbocycles. The number of hydrogen-bond acceptors (Lipinski definition) is 6. The number of hydrogen-bond donors (Lipinski definition) is 3. The molecule has 1 heterocycles. The molecule has 0 radical (unpaired) electrons. The summed E-state index contributed by atoms with van der Waals surface area (Å²) in [6, 6.07) is 10.2. The van der Waals surface area contributed by atoms with Gasteiger partial charge in [0.25, 0.3) is 11.5 Å². The number of rotatable bonds is 6. The Balaban J connectivity index is 2.28. The van der Waals surface area contributed by atoms with Crippen LogP contribution in [0.25, 0.3) is 11.1 Å². The van der Waals surface area contributed by atoms with E-state index in [4.69, 9.17) is 10.9 Å². The molecule has 0 bridgehead atoms. The van der Waals surface area contributed by atoms with Crippen molar-refractivity contribution in [1.82, 2.24) is 10.0 Å². The van der Waals surface area contributed by atoms with Gasteiger partial charge in [0, 0.05) is 30.8 Å². The fraction of sp³-hybridized carbons (Fsp3) is 0.294. The van der Waals surface area contributed by atoms with Crippen LogP contribution >= 0.6 is 0 Å². The maximum atomic E-state index is 12.3. The summed E-state index contributed by atoms with van der Waals surface area (Å²) in [5.41, 5.74) is 8.82. The van der Waals surface area contributed by atoms with Crippen LogP contribution in [0.15, 0.2) is 47.4 Å². The average molecular weight is 379 g/mol. The molecule has 0 aliphatic rings. The fourth-order valence-electron chi connectivity index (χ4n) is 2.51. The normalized spacial score (nSPS) is 13.8. The van der Waals surface area contributed by atoms with Crippen molar-refractivity contribution in [1.29, 1.82) is 0 Å². The van der Waals surface area contributed by atoms with Gasteiger partial charge in [-0.1, -0.05) is 12.1 Å². The van der Waals surface area contributed by atoms with Gasteiger partial charge >= 0.3 is 0 Å². The third kappa shape index (κ3) is 3.94. The number of nitrogens with zero attached hydrogens (tertiary/aromatic N) is 1. The zero-order valence-electron chi connectivity index (χ0n) is 14.5. The molecule has 0 aliphatic heterocycles. The third-order valence-corrected chi connectivity index (χ3v) is 6.47. The molecular weight excluding hydrogens is 358 g/mol. The quantitative estimate of drug-likeness (QED) is 0.386. The number of aromatic nitrogens is 1. The highest BCUT2D eigenvalue weighted by atomic mass is 32.2. The van der Waals surface area contributed by atoms with Gasteiger partial charge in [-0.2, -0.15) is 0 Å². The van der Waals surface area contributed by atoms with E-state index in [2.05, 4.69) is 0 Å². The van der Waals surface area contributed by atoms with Gasteiger partial charge in [-0.25, -0.2) is 13.9 Å². The number of anilines is 1. The molecular formula is C17H21N3O5S. The molecule has 140 valence electrons. The lowest BCUT2D eigenvalue weighted by Gasteiger charge is -2.25. The molecule has 9 heteroatoms. The highest BCUT2D eigenvalue weighted by molar-refractivity contribution is 7.92. The lowest BCUT2D eigenvalue weighted by atomic mass is 10.1. The third-order valence-electron chi connectivity index (χ3n) is 4.45. The molecule has 1 unspecified atom stereocenters. The molecule has 4 N–H and O–H groups in total. The van der Waals surface area contributed by atoms with E-state index in [1.807, 2.05) is 6.07 Å². The van der Waals surface area contributed by atoms with Crippen molar-refractivity contribution in [2.24, 2.45) is 0 Å². The second-order valence-corrected chi connectivity index (χ2v) is 8.71. The van der Waals surface area contributed by atoms with Crippen LogP contribution in [0.2, 0.25) is 0 Å². The van der Waals surface area contributed by atoms with Gasteiger partial charge in [0.05, 0.1) is 0 Å². The molecule has 0 aliphatic carbocycles. The smallest absolute Gasteiger partial charge is 0.264 e. The van der Waals surface area contributed by atoms with Crippen LogP contribution in [0.1, 0.15) is 13.3 Å². The molecule has 1 amide bonds. The van der Waals surface area contributed by atoms with E-state index in [9.17, 15) is 18.0 Å². The summed E-state index contributed by atoms with van der Waals surface area (Å²) in [5.74, 6) is -1.04. The van der Waals surface area contributed by atoms with Gasteiger partial charge in [-0.3, -0.25) is 14.8 Å². The van der Waals surface area contributed by atoms with Crippen LogP contribution in [0, 0.1) is 0 Å². The first-order valence-electron chi connectivity index (χ1n) is 7.79. The van der Waals surface area contributed by atoms with E-state index in [1.165, 1.54) is 29.2 Å². The van der Waals surface area contributed by atoms with Crippen molar-refractivity contribution in [3.63, 3.8) is 0 Å². The highest BCUT2D eigenvalue weighted by Crippen LogP contribution is 2.23. The minimum Gasteiger partial charge on any atom is -0.399 e. The van der Waals surface area contributed by atoms with Gasteiger partial charge in [0.1, 0.15) is 0 Å². The van der Waals surface area contributed by atoms with Crippen molar-refractivity contribution in [2.75, 3.05) is 12.0 Å². The van der Waals surface area contributed by atoms with Crippen molar-refractivity contribution in [2.45, 2.75) is 24.6 Å². The second-order valence-electron chi connectivity index (χ2n) is 6.27. The number of amides is 1. The van der Waals surface area contributed by atoms with E-state index in [1.54, 1.807) is 24.3 Å². The average Bonchev–Trinajstić information content (AvgIpc) is 2.58. The number of benzene rings is 1. The molecule has 8 nitrogen and oxygen atoms in total. The first-order valence-corrected chi connectivity index (χ1v) is 9.68. The molecule has 1 aromatic carbocycles. The minimum absolute atomic E-state index is 0.00691. The number of aryl methyl sites for hydroxylation is 1. The molecule has 2 aromatic rings. The highest BCUT2D eigenvalue weighted by Gasteiger charge is 2.43. The fourth-order valence-corrected chi connectivity index (χ4v) is 3.35. The molecule has 0 fully saturated rings. The first-order chi connectivity index (χ1) is 12.1. The molecule has 1 aromatic heterocycles. The Kier molecular flexibility index (Phi) is 5.53. The molecule has 0 spiro atoms. The van der Waals surface area contributed by atoms with Crippen LogP contribution in [-0.2, 0) is 21.2 Å². The van der Waals surface area contributed by atoms with Crippen LogP contribution in [-0.4, -0.2) is 35.1 Å². The zero-order chi connectivity index (χ0) is 19.5. The Hall–Kier alpha value is -2.65. The predicted octanol–water partition coefficient (Wildman–Crippen LogP) is 0.796. The number of carbonyl (C=O) groups excluding carboxylic acids is 1. The Labute approximate surface area is 151 Å². The van der Waals surface area contributed by atoms with E-state index >= 15 is 0 Å². The standard InChI is InChI=1S/C17H21N3O5S/c1-17(16(22)19-23,26(2,24)25)7-9-20-8-6-13(11-15(20)21)12-4-3-5-14(18)10-12/h3-6,8,10-11,23H,7,9,18H2,1-2H3,(H,19,22). The van der Waals surface area contributed by atoms with Crippen molar-refractivity contribution >= 4 is 21.4 Å². The van der Waals surface area contributed by atoms with Gasteiger partial charge in [-0.15, -0.1) is 0 Å². The lowest BCUT2D eigenvalue weighted by Crippen LogP contribution is -2.49. The van der Waals surface area contributed by atoms with E-state index in [0.29, 0.717) is 11.3 Å². The van der Waals surface area contributed by atoms with Gasteiger partial charge in [-0.05, 0) is 42.7 Å². The molecule has 26 heavy (non-hydrogen) atoms. The summed E-state index contributed by atoms with van der Waals surface area (Å²) in [6.45, 7) is 1.20. The van der Waals surface area contributed by atoms with Gasteiger partial charge < -0.3 is 10.3 Å². The minimum atomic E-state index is -3.82. The van der Waals surface area contributed by atoms with Crippen molar-refractivity contribution < 1.29 is 18.4 Å². The maximum Gasteiger partial charge on any atom is 0.264 e. The van der Waals surface area contributed by atoms with Crippen LogP contribution in [0.4, 0.5) is 5.69 Å². The summed E-state index contributed by atoms with van der Waals surface area (Å²) in [6.07, 6.45) is 2.27. The SMILES string of the molecule is CC(CCn1ccc(-c2cccc(N)c2)cc1=O)(C(=O)NO)S(C)(=O)=O. The van der Waals surface area contributed by atoms with Gasteiger partial charge in [0.15, 0.2) is 14.6 Å². The summed E-state index contributed by atoms with van der Waals surface area (Å²) in [7, 11) is -3.82. The summed E-state index contributed by atoms with van der Waals surface area (Å²) in [5, 5.41) is 8.83. The van der Waals surface area contributed by atoms with Crippen LogP contribution < -0.4 is 16.8 Å². The Morgan fingerprint density at radius 3 is 2.46 bits per heavy atom. The van der Waals surface area contributed by atoms with Gasteiger partial charge in [0.2, 0.25) is 0 Å². The van der Waals surface area contributed by atoms with Crippen molar-refractivity contribution in [3.8, 4) is 11.1 Å². The number of nitrogens with one attached hydrogen (secondary N) is 1. The number of hydroxylamine groups is 1. The Bertz CT molecular complexity index is 984. The van der Waals surface area contributed by atoms with Crippen molar-refractivity contribution in [3.05, 3.63) is 52.9 Å². The molecule has 0 saturated heterocycles. The summed E-state index contributed by atoms with van der Waals surface area (Å²) >= 11 is 0. The van der Waals surface area contributed by atoms with E-state index in [-0.39, 0.29) is 18.5 Å². The van der Waals surface area contributed by atoms with Crippen LogP contribution in [0.5, 0.6) is 0 Å². The zero-order valence-corrected chi connectivity index (χ0v) is 15.3. The summed E-state index contributed by atoms with van der Waals surface area (Å²) in [4.78, 5) is 24.2. The number of nitrogens with two attached hydrogens (primary N) is 1. The number of nitrogen functional groups attached to an aromatic ring is 1. The number of sulfone groups is 1. The predicted molar refractivity (Wildman–Crippen MR) is 98.3 cm³/mol.